The monoisotopic (exact) mass is 333 g/mol. The van der Waals surface area contributed by atoms with Crippen molar-refractivity contribution in [3.63, 3.8) is 0 Å². The van der Waals surface area contributed by atoms with Gasteiger partial charge in [-0.25, -0.2) is 0 Å². The molecule has 1 amide bonds. The van der Waals surface area contributed by atoms with E-state index in [4.69, 9.17) is 4.74 Å². The van der Waals surface area contributed by atoms with Crippen LogP contribution in [-0.4, -0.2) is 42.2 Å². The summed E-state index contributed by atoms with van der Waals surface area (Å²) in [4.78, 5) is 24.8. The summed E-state index contributed by atoms with van der Waals surface area (Å²) in [7, 11) is 0. The van der Waals surface area contributed by atoms with E-state index < -0.39 is 11.0 Å². The van der Waals surface area contributed by atoms with Crippen LogP contribution in [0.15, 0.2) is 30.3 Å². The number of nitrogens with one attached hydrogen (secondary N) is 1. The van der Waals surface area contributed by atoms with Crippen LogP contribution in [0.1, 0.15) is 49.9 Å². The molecule has 5 nitrogen and oxygen atoms in total. The smallest absolute Gasteiger partial charge is 0.221 e. The predicted octanol–water partition coefficient (Wildman–Crippen LogP) is 2.33. The maximum atomic E-state index is 12.4. The Morgan fingerprint density at radius 2 is 1.79 bits per heavy atom. The molecular weight excluding hydrogens is 306 g/mol. The minimum Gasteiger partial charge on any atom is -0.394 e. The van der Waals surface area contributed by atoms with Crippen molar-refractivity contribution >= 4 is 11.7 Å². The van der Waals surface area contributed by atoms with Crippen molar-refractivity contribution in [2.24, 2.45) is 5.41 Å². The van der Waals surface area contributed by atoms with E-state index in [1.807, 2.05) is 32.0 Å². The molecule has 0 aliphatic carbocycles. The first-order valence-electron chi connectivity index (χ1n) is 8.44. The zero-order valence-corrected chi connectivity index (χ0v) is 14.5. The lowest BCUT2D eigenvalue weighted by atomic mass is 9.81. The first kappa shape index (κ1) is 18.6. The SMILES string of the molecule is CC(C)(CC(=O)NC1(CO)CCOCC1)CC(=O)c1ccccc1. The number of benzene rings is 1. The van der Waals surface area contributed by atoms with Crippen LogP contribution in [0.2, 0.25) is 0 Å². The lowest BCUT2D eigenvalue weighted by Gasteiger charge is -2.37. The van der Waals surface area contributed by atoms with Gasteiger partial charge in [0, 0.05) is 31.6 Å². The van der Waals surface area contributed by atoms with Crippen molar-refractivity contribution in [1.82, 2.24) is 5.32 Å². The Bertz CT molecular complexity index is 562. The molecular formula is C19H27NO4. The number of carbonyl (C=O) groups is 2. The van der Waals surface area contributed by atoms with Crippen LogP contribution in [-0.2, 0) is 9.53 Å². The first-order valence-corrected chi connectivity index (χ1v) is 8.44. The fourth-order valence-corrected chi connectivity index (χ4v) is 3.08. The highest BCUT2D eigenvalue weighted by Crippen LogP contribution is 2.28. The average Bonchev–Trinajstić information content (AvgIpc) is 2.55. The van der Waals surface area contributed by atoms with E-state index in [1.165, 1.54) is 0 Å². The number of ether oxygens (including phenoxy) is 1. The topological polar surface area (TPSA) is 75.6 Å². The highest BCUT2D eigenvalue weighted by molar-refractivity contribution is 5.96. The number of hydrogen-bond acceptors (Lipinski definition) is 4. The number of aliphatic hydroxyl groups is 1. The maximum absolute atomic E-state index is 12.4. The van der Waals surface area contributed by atoms with Gasteiger partial charge >= 0.3 is 0 Å². The minimum atomic E-state index is -0.588. The summed E-state index contributed by atoms with van der Waals surface area (Å²) in [5.74, 6) is -0.0897. The summed E-state index contributed by atoms with van der Waals surface area (Å²) in [5.41, 5.74) is -0.365. The Morgan fingerprint density at radius 3 is 2.38 bits per heavy atom. The number of Topliss-reactive ketones (excluding diaryl/α,β-unsaturated/α-hetero) is 1. The van der Waals surface area contributed by atoms with E-state index in [0.29, 0.717) is 38.0 Å². The van der Waals surface area contributed by atoms with Crippen LogP contribution >= 0.6 is 0 Å². The second kappa shape index (κ2) is 7.90. The van der Waals surface area contributed by atoms with E-state index in [-0.39, 0.29) is 24.7 Å². The van der Waals surface area contributed by atoms with Gasteiger partial charge in [0.2, 0.25) is 5.91 Å². The van der Waals surface area contributed by atoms with Gasteiger partial charge in [0.15, 0.2) is 5.78 Å². The Hall–Kier alpha value is -1.72. The summed E-state index contributed by atoms with van der Waals surface area (Å²) in [6.45, 7) is 4.82. The molecule has 1 heterocycles. The molecule has 132 valence electrons. The van der Waals surface area contributed by atoms with Gasteiger partial charge in [-0.2, -0.15) is 0 Å². The summed E-state index contributed by atoms with van der Waals surface area (Å²) in [6.07, 6.45) is 1.77. The largest absolute Gasteiger partial charge is 0.394 e. The predicted molar refractivity (Wildman–Crippen MR) is 91.8 cm³/mol. The lowest BCUT2D eigenvalue weighted by molar-refractivity contribution is -0.127. The Labute approximate surface area is 143 Å². The molecule has 24 heavy (non-hydrogen) atoms. The van der Waals surface area contributed by atoms with Crippen LogP contribution in [0.3, 0.4) is 0 Å². The zero-order chi connectivity index (χ0) is 17.6. The normalized spacial score (nSPS) is 17.3. The molecule has 0 unspecified atom stereocenters. The van der Waals surface area contributed by atoms with Crippen molar-refractivity contribution in [3.05, 3.63) is 35.9 Å². The first-order chi connectivity index (χ1) is 11.4. The maximum Gasteiger partial charge on any atom is 0.221 e. The second-order valence-corrected chi connectivity index (χ2v) is 7.41. The van der Waals surface area contributed by atoms with Crippen molar-refractivity contribution in [3.8, 4) is 0 Å². The van der Waals surface area contributed by atoms with Gasteiger partial charge in [-0.3, -0.25) is 9.59 Å². The third kappa shape index (κ3) is 5.14. The molecule has 5 heteroatoms. The highest BCUT2D eigenvalue weighted by atomic mass is 16.5. The molecule has 0 spiro atoms. The van der Waals surface area contributed by atoms with Crippen LogP contribution in [0.4, 0.5) is 0 Å². The van der Waals surface area contributed by atoms with E-state index in [2.05, 4.69) is 5.32 Å². The standard InChI is InChI=1S/C19H27NO4/c1-18(2,12-16(22)15-6-4-3-5-7-15)13-17(23)20-19(14-21)8-10-24-11-9-19/h3-7,21H,8-14H2,1-2H3,(H,20,23). The van der Waals surface area contributed by atoms with Crippen molar-refractivity contribution < 1.29 is 19.4 Å². The second-order valence-electron chi connectivity index (χ2n) is 7.41. The number of rotatable bonds is 7. The van der Waals surface area contributed by atoms with Gasteiger partial charge in [-0.05, 0) is 18.3 Å². The quantitative estimate of drug-likeness (QED) is 0.751. The zero-order valence-electron chi connectivity index (χ0n) is 14.5. The number of ketones is 1. The minimum absolute atomic E-state index is 0.0383. The van der Waals surface area contributed by atoms with Crippen LogP contribution in [0.25, 0.3) is 0 Å². The van der Waals surface area contributed by atoms with E-state index >= 15 is 0 Å². The number of aliphatic hydroxyl groups excluding tert-OH is 1. The van der Waals surface area contributed by atoms with Gasteiger partial charge in [0.05, 0.1) is 12.1 Å². The van der Waals surface area contributed by atoms with Gasteiger partial charge < -0.3 is 15.2 Å². The van der Waals surface area contributed by atoms with Gasteiger partial charge in [-0.1, -0.05) is 44.2 Å². The van der Waals surface area contributed by atoms with Crippen LogP contribution < -0.4 is 5.32 Å². The summed E-state index contributed by atoms with van der Waals surface area (Å²) < 4.78 is 5.30. The van der Waals surface area contributed by atoms with Crippen molar-refractivity contribution in [2.45, 2.75) is 45.1 Å². The third-order valence-electron chi connectivity index (χ3n) is 4.53. The molecule has 1 aromatic carbocycles. The van der Waals surface area contributed by atoms with E-state index in [1.54, 1.807) is 12.1 Å². The molecule has 1 aromatic rings. The molecule has 0 atom stereocenters. The summed E-state index contributed by atoms with van der Waals surface area (Å²) in [6, 6.07) is 9.13. The number of carbonyl (C=O) groups excluding carboxylic acids is 2. The van der Waals surface area contributed by atoms with Gasteiger partial charge in [0.1, 0.15) is 0 Å². The van der Waals surface area contributed by atoms with Gasteiger partial charge in [0.25, 0.3) is 0 Å². The third-order valence-corrected chi connectivity index (χ3v) is 4.53. The highest BCUT2D eigenvalue weighted by Gasteiger charge is 2.35. The average molecular weight is 333 g/mol. The summed E-state index contributed by atoms with van der Waals surface area (Å²) >= 11 is 0. The molecule has 0 bridgehead atoms. The molecule has 1 fully saturated rings. The van der Waals surface area contributed by atoms with Crippen LogP contribution in [0.5, 0.6) is 0 Å². The molecule has 0 aromatic heterocycles. The molecule has 0 radical (unpaired) electrons. The molecule has 1 aliphatic rings. The molecule has 1 saturated heterocycles. The Morgan fingerprint density at radius 1 is 1.17 bits per heavy atom. The van der Waals surface area contributed by atoms with E-state index in [0.717, 1.165) is 0 Å². The van der Waals surface area contributed by atoms with Gasteiger partial charge in [-0.15, -0.1) is 0 Å². The molecule has 2 N–H and O–H groups in total. The molecule has 2 rings (SSSR count). The molecule has 0 saturated carbocycles. The summed E-state index contributed by atoms with van der Waals surface area (Å²) in [5, 5.41) is 12.6. The Balaban J connectivity index is 1.92. The lowest BCUT2D eigenvalue weighted by Crippen LogP contribution is -2.55. The van der Waals surface area contributed by atoms with Crippen molar-refractivity contribution in [1.29, 1.82) is 0 Å². The fourth-order valence-electron chi connectivity index (χ4n) is 3.08. The van der Waals surface area contributed by atoms with Crippen LogP contribution in [0, 0.1) is 5.41 Å². The fraction of sp³-hybridized carbons (Fsp3) is 0.579. The Kier molecular flexibility index (Phi) is 6.13. The molecule has 1 aliphatic heterocycles. The number of amides is 1. The van der Waals surface area contributed by atoms with Crippen molar-refractivity contribution in [2.75, 3.05) is 19.8 Å². The number of hydrogen-bond donors (Lipinski definition) is 2. The van der Waals surface area contributed by atoms with E-state index in [9.17, 15) is 14.7 Å².